The Bertz CT molecular complexity index is 749. The van der Waals surface area contributed by atoms with Crippen LogP contribution in [0.15, 0.2) is 24.4 Å². The summed E-state index contributed by atoms with van der Waals surface area (Å²) in [6.07, 6.45) is -3.44. The number of ether oxygens (including phenoxy) is 3. The summed E-state index contributed by atoms with van der Waals surface area (Å²) in [7, 11) is 4.41. The zero-order valence-corrected chi connectivity index (χ0v) is 14.4. The number of rotatable bonds is 7. The van der Waals surface area contributed by atoms with E-state index in [4.69, 9.17) is 14.2 Å². The summed E-state index contributed by atoms with van der Waals surface area (Å²) in [6, 6.07) is 4.14. The van der Waals surface area contributed by atoms with Gasteiger partial charge in [0.15, 0.2) is 17.2 Å². The van der Waals surface area contributed by atoms with Crippen LogP contribution in [0.25, 0.3) is 0 Å². The Hall–Kier alpha value is -2.91. The predicted octanol–water partition coefficient (Wildman–Crippen LogP) is 2.24. The average Bonchev–Trinajstić information content (AvgIpc) is 3.07. The highest BCUT2D eigenvalue weighted by molar-refractivity contribution is 5.75. The van der Waals surface area contributed by atoms with Gasteiger partial charge in [0.1, 0.15) is 6.54 Å². The number of halogens is 3. The minimum absolute atomic E-state index is 0.128. The van der Waals surface area contributed by atoms with Crippen LogP contribution in [-0.4, -0.2) is 37.0 Å². The molecule has 7 nitrogen and oxygen atoms in total. The maximum absolute atomic E-state index is 12.5. The van der Waals surface area contributed by atoms with E-state index in [2.05, 4.69) is 10.4 Å². The molecule has 2 rings (SSSR count). The molecule has 1 aromatic heterocycles. The van der Waals surface area contributed by atoms with Gasteiger partial charge in [-0.05, 0) is 23.8 Å². The lowest BCUT2D eigenvalue weighted by Crippen LogP contribution is -2.27. The number of nitrogens with one attached hydrogen (secondary N) is 1. The van der Waals surface area contributed by atoms with Gasteiger partial charge in [0.05, 0.1) is 21.3 Å². The largest absolute Gasteiger partial charge is 0.493 e. The van der Waals surface area contributed by atoms with E-state index in [0.29, 0.717) is 22.8 Å². The molecule has 10 heteroatoms. The van der Waals surface area contributed by atoms with Gasteiger partial charge >= 0.3 is 6.18 Å². The molecule has 0 saturated heterocycles. The minimum Gasteiger partial charge on any atom is -0.493 e. The highest BCUT2D eigenvalue weighted by Gasteiger charge is 2.33. The zero-order valence-electron chi connectivity index (χ0n) is 14.4. The first-order valence-electron chi connectivity index (χ1n) is 7.44. The second-order valence-electron chi connectivity index (χ2n) is 5.21. The number of alkyl halides is 3. The van der Waals surface area contributed by atoms with Crippen LogP contribution in [0.1, 0.15) is 11.3 Å². The molecule has 1 N–H and O–H groups in total. The van der Waals surface area contributed by atoms with E-state index in [9.17, 15) is 18.0 Å². The molecule has 0 aliphatic heterocycles. The molecule has 0 unspecified atom stereocenters. The molecular formula is C16H18F3N3O4. The van der Waals surface area contributed by atoms with Gasteiger partial charge in [-0.3, -0.25) is 9.48 Å². The first kappa shape index (κ1) is 19.4. The van der Waals surface area contributed by atoms with Crippen LogP contribution in [0.4, 0.5) is 13.2 Å². The monoisotopic (exact) mass is 373 g/mol. The van der Waals surface area contributed by atoms with Crippen LogP contribution in [0.2, 0.25) is 0 Å². The van der Waals surface area contributed by atoms with Gasteiger partial charge in [-0.1, -0.05) is 0 Å². The van der Waals surface area contributed by atoms with Gasteiger partial charge in [0.25, 0.3) is 0 Å². The van der Waals surface area contributed by atoms with Gasteiger partial charge < -0.3 is 19.5 Å². The van der Waals surface area contributed by atoms with Crippen LogP contribution in [0.5, 0.6) is 17.2 Å². The van der Waals surface area contributed by atoms with E-state index >= 15 is 0 Å². The number of amides is 1. The van der Waals surface area contributed by atoms with Crippen molar-refractivity contribution in [2.24, 2.45) is 0 Å². The highest BCUT2D eigenvalue weighted by Crippen LogP contribution is 2.38. The minimum atomic E-state index is -4.54. The number of hydrogen-bond acceptors (Lipinski definition) is 5. The van der Waals surface area contributed by atoms with Crippen LogP contribution < -0.4 is 19.5 Å². The molecule has 0 aliphatic rings. The van der Waals surface area contributed by atoms with Gasteiger partial charge in [-0.25, -0.2) is 0 Å². The van der Waals surface area contributed by atoms with E-state index in [1.165, 1.54) is 21.3 Å². The van der Waals surface area contributed by atoms with Crippen LogP contribution >= 0.6 is 0 Å². The van der Waals surface area contributed by atoms with Crippen molar-refractivity contribution in [3.8, 4) is 17.2 Å². The fourth-order valence-electron chi connectivity index (χ4n) is 2.24. The summed E-state index contributed by atoms with van der Waals surface area (Å²) >= 11 is 0. The van der Waals surface area contributed by atoms with Crippen molar-refractivity contribution in [2.45, 2.75) is 19.3 Å². The third kappa shape index (κ3) is 4.58. The third-order valence-electron chi connectivity index (χ3n) is 3.45. The normalized spacial score (nSPS) is 11.2. The summed E-state index contributed by atoms with van der Waals surface area (Å²) in [5.41, 5.74) is -0.376. The van der Waals surface area contributed by atoms with Gasteiger partial charge in [0.2, 0.25) is 11.7 Å². The number of carbonyl (C=O) groups excluding carboxylic acids is 1. The summed E-state index contributed by atoms with van der Waals surface area (Å²) in [5.74, 6) is 0.785. The Balaban J connectivity index is 2.02. The molecule has 142 valence electrons. The average molecular weight is 373 g/mol. The predicted molar refractivity (Wildman–Crippen MR) is 85.2 cm³/mol. The Labute approximate surface area is 147 Å². The molecular weight excluding hydrogens is 355 g/mol. The van der Waals surface area contributed by atoms with Crippen LogP contribution in [0.3, 0.4) is 0 Å². The first-order chi connectivity index (χ1) is 12.3. The molecule has 0 fully saturated rings. The van der Waals surface area contributed by atoms with Crippen LogP contribution in [0, 0.1) is 0 Å². The lowest BCUT2D eigenvalue weighted by atomic mass is 10.1. The smallest absolute Gasteiger partial charge is 0.435 e. The van der Waals surface area contributed by atoms with E-state index in [1.54, 1.807) is 12.1 Å². The summed E-state index contributed by atoms with van der Waals surface area (Å²) < 4.78 is 54.1. The summed E-state index contributed by atoms with van der Waals surface area (Å²) in [4.78, 5) is 11.9. The quantitative estimate of drug-likeness (QED) is 0.806. The number of nitrogens with zero attached hydrogens (tertiary/aromatic N) is 2. The van der Waals surface area contributed by atoms with Gasteiger partial charge in [-0.2, -0.15) is 18.3 Å². The van der Waals surface area contributed by atoms with Crippen molar-refractivity contribution in [1.29, 1.82) is 0 Å². The molecule has 0 spiro atoms. The Kier molecular flexibility index (Phi) is 5.96. The maximum Gasteiger partial charge on any atom is 0.435 e. The van der Waals surface area contributed by atoms with Crippen molar-refractivity contribution in [1.82, 2.24) is 15.1 Å². The molecule has 2 aromatic rings. The number of aromatic nitrogens is 2. The summed E-state index contributed by atoms with van der Waals surface area (Å²) in [6.45, 7) is -0.205. The van der Waals surface area contributed by atoms with E-state index in [0.717, 1.165) is 16.9 Å². The maximum atomic E-state index is 12.5. The molecule has 1 aromatic carbocycles. The molecule has 0 aliphatic carbocycles. The van der Waals surface area contributed by atoms with Gasteiger partial charge in [0, 0.05) is 12.7 Å². The lowest BCUT2D eigenvalue weighted by molar-refractivity contribution is -0.141. The van der Waals surface area contributed by atoms with Crippen LogP contribution in [-0.2, 0) is 24.1 Å². The Morgan fingerprint density at radius 3 is 2.23 bits per heavy atom. The SMILES string of the molecule is COc1cc(CNC(=O)Cn2ccc(C(F)(F)F)n2)cc(OC)c1OC. The van der Waals surface area contributed by atoms with Crippen molar-refractivity contribution < 1.29 is 32.2 Å². The standard InChI is InChI=1S/C16H18F3N3O4/c1-24-11-6-10(7-12(25-2)15(11)26-3)8-20-14(23)9-22-5-4-13(21-22)16(17,18)19/h4-7H,8-9H2,1-3H3,(H,20,23). The molecule has 26 heavy (non-hydrogen) atoms. The van der Waals surface area contributed by atoms with E-state index in [-0.39, 0.29) is 13.1 Å². The second-order valence-corrected chi connectivity index (χ2v) is 5.21. The number of benzene rings is 1. The molecule has 0 saturated carbocycles. The molecule has 1 heterocycles. The Morgan fingerprint density at radius 1 is 1.15 bits per heavy atom. The van der Waals surface area contributed by atoms with Crippen molar-refractivity contribution in [2.75, 3.05) is 21.3 Å². The van der Waals surface area contributed by atoms with Crippen molar-refractivity contribution >= 4 is 5.91 Å². The lowest BCUT2D eigenvalue weighted by Gasteiger charge is -2.14. The van der Waals surface area contributed by atoms with Crippen molar-refractivity contribution in [3.05, 3.63) is 35.7 Å². The molecule has 0 bridgehead atoms. The Morgan fingerprint density at radius 2 is 1.77 bits per heavy atom. The number of hydrogen-bond donors (Lipinski definition) is 1. The number of methoxy groups -OCH3 is 3. The fraction of sp³-hybridized carbons (Fsp3) is 0.375. The topological polar surface area (TPSA) is 74.6 Å². The first-order valence-corrected chi connectivity index (χ1v) is 7.44. The van der Waals surface area contributed by atoms with E-state index < -0.39 is 17.8 Å². The van der Waals surface area contributed by atoms with Crippen molar-refractivity contribution in [3.63, 3.8) is 0 Å². The second kappa shape index (κ2) is 7.98. The molecule has 0 radical (unpaired) electrons. The molecule has 1 amide bonds. The third-order valence-corrected chi connectivity index (χ3v) is 3.45. The van der Waals surface area contributed by atoms with Gasteiger partial charge in [-0.15, -0.1) is 0 Å². The molecule has 0 atom stereocenters. The van der Waals surface area contributed by atoms with E-state index in [1.807, 2.05) is 0 Å². The highest BCUT2D eigenvalue weighted by atomic mass is 19.4. The summed E-state index contributed by atoms with van der Waals surface area (Å²) in [5, 5.41) is 5.93. The number of carbonyl (C=O) groups is 1. The zero-order chi connectivity index (χ0) is 19.3. The fourth-order valence-corrected chi connectivity index (χ4v) is 2.24.